The number of urea groups is 1. The summed E-state index contributed by atoms with van der Waals surface area (Å²) in [6.45, 7) is -0.141. The first-order valence-corrected chi connectivity index (χ1v) is 4.55. The van der Waals surface area contributed by atoms with Gasteiger partial charge in [-0.3, -0.25) is 0 Å². The number of hydrogen-bond acceptors (Lipinski definition) is 3. The van der Waals surface area contributed by atoms with Crippen molar-refractivity contribution in [1.29, 1.82) is 0 Å². The average Bonchev–Trinajstić information content (AvgIpc) is 2.25. The van der Waals surface area contributed by atoms with E-state index in [9.17, 15) is 14.4 Å². The van der Waals surface area contributed by atoms with Crippen LogP contribution in [0.2, 0.25) is 0 Å². The Bertz CT molecular complexity index is 484. The fourth-order valence-corrected chi connectivity index (χ4v) is 1.36. The van der Waals surface area contributed by atoms with Gasteiger partial charge in [-0.25, -0.2) is 14.4 Å². The molecule has 0 saturated heterocycles. The molecule has 1 aromatic rings. The molecular weight excluding hydrogens is 228 g/mol. The minimum absolute atomic E-state index is 0.141. The smallest absolute Gasteiger partial charge is 0.336 e. The van der Waals surface area contributed by atoms with Gasteiger partial charge in [0.15, 0.2) is 0 Å². The molecule has 7 nitrogen and oxygen atoms in total. The second kappa shape index (κ2) is 4.97. The Labute approximate surface area is 95.9 Å². The molecule has 0 fully saturated rings. The van der Waals surface area contributed by atoms with Crippen molar-refractivity contribution < 1.29 is 24.6 Å². The third-order valence-electron chi connectivity index (χ3n) is 2.05. The van der Waals surface area contributed by atoms with E-state index in [2.05, 4.69) is 5.32 Å². The highest BCUT2D eigenvalue weighted by Gasteiger charge is 2.19. The van der Waals surface area contributed by atoms with Crippen LogP contribution in [0.1, 0.15) is 26.3 Å². The first-order valence-electron chi connectivity index (χ1n) is 4.55. The predicted octanol–water partition coefficient (Wildman–Crippen LogP) is 0.251. The second-order valence-corrected chi connectivity index (χ2v) is 3.17. The van der Waals surface area contributed by atoms with Crippen molar-refractivity contribution in [2.75, 3.05) is 0 Å². The van der Waals surface area contributed by atoms with Crippen LogP contribution >= 0.6 is 0 Å². The molecule has 0 aliphatic heterocycles. The summed E-state index contributed by atoms with van der Waals surface area (Å²) in [7, 11) is 0. The Hall–Kier alpha value is -2.57. The van der Waals surface area contributed by atoms with Crippen molar-refractivity contribution in [3.8, 4) is 0 Å². The number of carbonyl (C=O) groups is 3. The zero-order chi connectivity index (χ0) is 13.0. The fraction of sp³-hybridized carbons (Fsp3) is 0.100. The maximum atomic E-state index is 11.0. The van der Waals surface area contributed by atoms with Crippen molar-refractivity contribution >= 4 is 18.0 Å². The average molecular weight is 238 g/mol. The van der Waals surface area contributed by atoms with E-state index in [1.54, 1.807) is 0 Å². The molecule has 1 rings (SSSR count). The summed E-state index contributed by atoms with van der Waals surface area (Å²) in [5, 5.41) is 20.0. The molecule has 0 radical (unpaired) electrons. The van der Waals surface area contributed by atoms with Gasteiger partial charge in [0.05, 0.1) is 11.1 Å². The van der Waals surface area contributed by atoms with Crippen molar-refractivity contribution in [1.82, 2.24) is 5.32 Å². The number of benzene rings is 1. The third-order valence-corrected chi connectivity index (χ3v) is 2.05. The SMILES string of the molecule is NC(=O)NCc1cccc(C(=O)O)c1C(=O)O. The number of amides is 2. The second-order valence-electron chi connectivity index (χ2n) is 3.17. The van der Waals surface area contributed by atoms with Crippen LogP contribution in [0, 0.1) is 0 Å². The maximum absolute atomic E-state index is 11.0. The van der Waals surface area contributed by atoms with E-state index in [-0.39, 0.29) is 23.2 Å². The highest BCUT2D eigenvalue weighted by molar-refractivity contribution is 6.02. The van der Waals surface area contributed by atoms with E-state index in [1.807, 2.05) is 0 Å². The third kappa shape index (κ3) is 2.94. The lowest BCUT2D eigenvalue weighted by molar-refractivity contribution is 0.0650. The van der Waals surface area contributed by atoms with Gasteiger partial charge in [-0.2, -0.15) is 0 Å². The van der Waals surface area contributed by atoms with Crippen molar-refractivity contribution in [2.45, 2.75) is 6.54 Å². The number of nitrogens with one attached hydrogen (secondary N) is 1. The van der Waals surface area contributed by atoms with Gasteiger partial charge in [0, 0.05) is 6.54 Å². The Kier molecular flexibility index (Phi) is 3.66. The minimum Gasteiger partial charge on any atom is -0.478 e. The number of carboxylic acid groups (broad SMARTS) is 2. The van der Waals surface area contributed by atoms with Gasteiger partial charge in [0.25, 0.3) is 0 Å². The summed E-state index contributed by atoms with van der Waals surface area (Å²) in [5.41, 5.74) is 4.34. The van der Waals surface area contributed by atoms with Gasteiger partial charge in [-0.1, -0.05) is 12.1 Å². The maximum Gasteiger partial charge on any atom is 0.336 e. The Morgan fingerprint density at radius 1 is 1.18 bits per heavy atom. The Morgan fingerprint density at radius 3 is 2.29 bits per heavy atom. The van der Waals surface area contributed by atoms with E-state index in [4.69, 9.17) is 15.9 Å². The van der Waals surface area contributed by atoms with E-state index >= 15 is 0 Å². The predicted molar refractivity (Wildman–Crippen MR) is 56.8 cm³/mol. The van der Waals surface area contributed by atoms with Gasteiger partial charge in [0.2, 0.25) is 0 Å². The monoisotopic (exact) mass is 238 g/mol. The zero-order valence-electron chi connectivity index (χ0n) is 8.64. The molecule has 0 saturated carbocycles. The van der Waals surface area contributed by atoms with Crippen LogP contribution in [-0.2, 0) is 6.54 Å². The lowest BCUT2D eigenvalue weighted by Gasteiger charge is -2.08. The molecule has 0 atom stereocenters. The lowest BCUT2D eigenvalue weighted by atomic mass is 10.0. The summed E-state index contributed by atoms with van der Waals surface area (Å²) >= 11 is 0. The molecule has 90 valence electrons. The fourth-order valence-electron chi connectivity index (χ4n) is 1.36. The summed E-state index contributed by atoms with van der Waals surface area (Å²) < 4.78 is 0. The molecule has 0 spiro atoms. The molecule has 2 amide bonds. The molecule has 0 bridgehead atoms. The van der Waals surface area contributed by atoms with Crippen molar-refractivity contribution in [3.63, 3.8) is 0 Å². The molecule has 0 aliphatic rings. The van der Waals surface area contributed by atoms with E-state index in [0.29, 0.717) is 0 Å². The van der Waals surface area contributed by atoms with Gasteiger partial charge in [-0.15, -0.1) is 0 Å². The highest BCUT2D eigenvalue weighted by Crippen LogP contribution is 2.15. The van der Waals surface area contributed by atoms with Crippen LogP contribution in [0.5, 0.6) is 0 Å². The van der Waals surface area contributed by atoms with Crippen LogP contribution in [0.4, 0.5) is 4.79 Å². The molecule has 0 unspecified atom stereocenters. The Morgan fingerprint density at radius 2 is 1.82 bits per heavy atom. The summed E-state index contributed by atoms with van der Waals surface area (Å²) in [4.78, 5) is 32.3. The molecule has 5 N–H and O–H groups in total. The molecule has 7 heteroatoms. The number of hydrogen-bond donors (Lipinski definition) is 4. The quantitative estimate of drug-likeness (QED) is 0.597. The van der Waals surface area contributed by atoms with Crippen molar-refractivity contribution in [3.05, 3.63) is 34.9 Å². The van der Waals surface area contributed by atoms with Crippen LogP contribution in [0.3, 0.4) is 0 Å². The van der Waals surface area contributed by atoms with Gasteiger partial charge in [0.1, 0.15) is 0 Å². The number of carbonyl (C=O) groups excluding carboxylic acids is 1. The van der Waals surface area contributed by atoms with Crippen LogP contribution in [-0.4, -0.2) is 28.2 Å². The molecule has 0 aliphatic carbocycles. The first kappa shape index (κ1) is 12.5. The molecule has 1 aromatic carbocycles. The zero-order valence-corrected chi connectivity index (χ0v) is 8.64. The molecule has 0 aromatic heterocycles. The molecule has 17 heavy (non-hydrogen) atoms. The summed E-state index contributed by atoms with van der Waals surface area (Å²) in [6, 6.07) is 3.17. The first-order chi connectivity index (χ1) is 7.93. The van der Waals surface area contributed by atoms with Gasteiger partial charge >= 0.3 is 18.0 Å². The van der Waals surface area contributed by atoms with E-state index in [1.165, 1.54) is 18.2 Å². The van der Waals surface area contributed by atoms with Crippen LogP contribution in [0.25, 0.3) is 0 Å². The van der Waals surface area contributed by atoms with Crippen LogP contribution in [0.15, 0.2) is 18.2 Å². The summed E-state index contributed by atoms with van der Waals surface area (Å²) in [5.74, 6) is -2.72. The Balaban J connectivity index is 3.20. The number of aromatic carboxylic acids is 2. The number of nitrogens with two attached hydrogens (primary N) is 1. The number of carboxylic acids is 2. The standard InChI is InChI=1S/C10H10N2O5/c11-10(17)12-4-5-2-1-3-6(8(13)14)7(5)9(15)16/h1-3H,4H2,(H,13,14)(H,15,16)(H3,11,12,17). The number of rotatable bonds is 4. The lowest BCUT2D eigenvalue weighted by Crippen LogP contribution is -2.29. The topological polar surface area (TPSA) is 130 Å². The van der Waals surface area contributed by atoms with Gasteiger partial charge in [-0.05, 0) is 11.6 Å². The minimum atomic E-state index is -1.37. The number of primary amides is 1. The van der Waals surface area contributed by atoms with Crippen LogP contribution < -0.4 is 11.1 Å². The summed E-state index contributed by atoms with van der Waals surface area (Å²) in [6.07, 6.45) is 0. The van der Waals surface area contributed by atoms with Crippen molar-refractivity contribution in [2.24, 2.45) is 5.73 Å². The normalized spacial score (nSPS) is 9.65. The molecule has 0 heterocycles. The van der Waals surface area contributed by atoms with E-state index in [0.717, 1.165) is 0 Å². The highest BCUT2D eigenvalue weighted by atomic mass is 16.4. The van der Waals surface area contributed by atoms with Gasteiger partial charge < -0.3 is 21.3 Å². The van der Waals surface area contributed by atoms with E-state index < -0.39 is 18.0 Å². The molecular formula is C10H10N2O5. The largest absolute Gasteiger partial charge is 0.478 e.